The highest BCUT2D eigenvalue weighted by atomic mass is 16.3. The molecule has 0 aromatic carbocycles. The summed E-state index contributed by atoms with van der Waals surface area (Å²) in [5, 5.41) is 12.5. The molecule has 20 heavy (non-hydrogen) atoms. The summed E-state index contributed by atoms with van der Waals surface area (Å²) >= 11 is 0. The minimum atomic E-state index is -0.332. The number of aliphatic hydroxyl groups excluding tert-OH is 1. The van der Waals surface area contributed by atoms with Crippen molar-refractivity contribution in [1.82, 2.24) is 10.2 Å². The average molecular weight is 284 g/mol. The molecule has 4 heteroatoms. The van der Waals surface area contributed by atoms with Gasteiger partial charge in [0.25, 0.3) is 0 Å². The lowest BCUT2D eigenvalue weighted by Gasteiger charge is -2.31. The van der Waals surface area contributed by atoms with Gasteiger partial charge in [-0.1, -0.05) is 39.5 Å². The summed E-state index contributed by atoms with van der Waals surface area (Å²) in [5.41, 5.74) is -0.0753. The van der Waals surface area contributed by atoms with Crippen molar-refractivity contribution in [2.75, 3.05) is 13.6 Å². The number of aliphatic hydroxyl groups is 1. The van der Waals surface area contributed by atoms with Gasteiger partial charge in [0, 0.05) is 19.6 Å². The summed E-state index contributed by atoms with van der Waals surface area (Å²) in [6.07, 6.45) is 7.68. The Hall–Kier alpha value is -0.770. The van der Waals surface area contributed by atoms with Crippen LogP contribution in [0.25, 0.3) is 0 Å². The third-order valence-corrected chi connectivity index (χ3v) is 4.26. The normalized spacial score (nSPS) is 19.2. The van der Waals surface area contributed by atoms with E-state index in [1.165, 1.54) is 25.7 Å². The average Bonchev–Trinajstić information content (AvgIpc) is 2.62. The van der Waals surface area contributed by atoms with E-state index in [4.69, 9.17) is 0 Å². The molecule has 1 atom stereocenters. The number of rotatable bonds is 5. The van der Waals surface area contributed by atoms with Gasteiger partial charge in [0.15, 0.2) is 0 Å². The molecular formula is C16H32N2O2. The molecule has 2 N–H and O–H groups in total. The van der Waals surface area contributed by atoms with Gasteiger partial charge in [-0.25, -0.2) is 4.79 Å². The molecule has 0 radical (unpaired) electrons. The van der Waals surface area contributed by atoms with Crippen LogP contribution in [0.15, 0.2) is 0 Å². The molecule has 0 saturated heterocycles. The Morgan fingerprint density at radius 3 is 2.35 bits per heavy atom. The van der Waals surface area contributed by atoms with E-state index in [1.54, 1.807) is 6.92 Å². The van der Waals surface area contributed by atoms with Gasteiger partial charge in [-0.15, -0.1) is 0 Å². The first-order valence-corrected chi connectivity index (χ1v) is 8.00. The highest BCUT2D eigenvalue weighted by molar-refractivity contribution is 5.74. The molecule has 2 amide bonds. The van der Waals surface area contributed by atoms with E-state index < -0.39 is 0 Å². The fourth-order valence-corrected chi connectivity index (χ4v) is 3.12. The molecular weight excluding hydrogens is 252 g/mol. The summed E-state index contributed by atoms with van der Waals surface area (Å²) < 4.78 is 0. The summed E-state index contributed by atoms with van der Waals surface area (Å²) in [5.74, 6) is 0. The van der Waals surface area contributed by atoms with E-state index in [0.717, 1.165) is 12.8 Å². The van der Waals surface area contributed by atoms with Crippen molar-refractivity contribution < 1.29 is 9.90 Å². The van der Waals surface area contributed by atoms with Gasteiger partial charge < -0.3 is 15.3 Å². The first kappa shape index (κ1) is 17.3. The molecule has 118 valence electrons. The zero-order valence-electron chi connectivity index (χ0n) is 13.6. The van der Waals surface area contributed by atoms with Crippen LogP contribution in [0.5, 0.6) is 0 Å². The lowest BCUT2D eigenvalue weighted by atomic mass is 9.87. The highest BCUT2D eigenvalue weighted by Crippen LogP contribution is 2.23. The lowest BCUT2D eigenvalue weighted by molar-refractivity contribution is 0.125. The molecule has 1 aliphatic carbocycles. The maximum atomic E-state index is 12.2. The van der Waals surface area contributed by atoms with Gasteiger partial charge in [-0.3, -0.25) is 0 Å². The topological polar surface area (TPSA) is 52.6 Å². The second-order valence-electron chi connectivity index (χ2n) is 7.13. The van der Waals surface area contributed by atoms with Gasteiger partial charge >= 0.3 is 6.03 Å². The molecule has 1 unspecified atom stereocenters. The number of carbonyl (C=O) groups is 1. The van der Waals surface area contributed by atoms with Crippen LogP contribution in [-0.2, 0) is 0 Å². The van der Waals surface area contributed by atoms with Gasteiger partial charge in [0.1, 0.15) is 0 Å². The number of nitrogens with one attached hydrogen (secondary N) is 1. The molecule has 1 aliphatic rings. The third-order valence-electron chi connectivity index (χ3n) is 4.26. The number of nitrogens with zero attached hydrogens (tertiary/aromatic N) is 1. The van der Waals surface area contributed by atoms with E-state index in [1.807, 2.05) is 11.9 Å². The van der Waals surface area contributed by atoms with Crippen LogP contribution in [0.4, 0.5) is 4.79 Å². The number of hydrogen-bond donors (Lipinski definition) is 2. The van der Waals surface area contributed by atoms with Crippen LogP contribution < -0.4 is 5.32 Å². The van der Waals surface area contributed by atoms with Crippen LogP contribution in [0.3, 0.4) is 0 Å². The van der Waals surface area contributed by atoms with E-state index in [-0.39, 0.29) is 17.6 Å². The van der Waals surface area contributed by atoms with Crippen LogP contribution in [0, 0.1) is 5.41 Å². The third kappa shape index (κ3) is 6.12. The Kier molecular flexibility index (Phi) is 6.80. The Labute approximate surface area is 123 Å². The monoisotopic (exact) mass is 284 g/mol. The molecule has 0 spiro atoms. The zero-order chi connectivity index (χ0) is 15.2. The molecule has 1 fully saturated rings. The maximum Gasteiger partial charge on any atom is 0.317 e. The Balaban J connectivity index is 2.40. The van der Waals surface area contributed by atoms with Crippen LogP contribution >= 0.6 is 0 Å². The van der Waals surface area contributed by atoms with Crippen molar-refractivity contribution in [1.29, 1.82) is 0 Å². The largest absolute Gasteiger partial charge is 0.393 e. The Bertz CT molecular complexity index is 295. The van der Waals surface area contributed by atoms with E-state index in [9.17, 15) is 9.90 Å². The second-order valence-corrected chi connectivity index (χ2v) is 7.13. The SMILES string of the molecule is CC(O)CC(C)(C)CNC(=O)N(C)C1CCCCCC1. The molecule has 0 aromatic heterocycles. The van der Waals surface area contributed by atoms with Crippen molar-refractivity contribution in [2.24, 2.45) is 5.41 Å². The van der Waals surface area contributed by atoms with Crippen molar-refractivity contribution in [3.05, 3.63) is 0 Å². The van der Waals surface area contributed by atoms with E-state index >= 15 is 0 Å². The molecule has 0 bridgehead atoms. The van der Waals surface area contributed by atoms with Crippen molar-refractivity contribution in [3.8, 4) is 0 Å². The summed E-state index contributed by atoms with van der Waals surface area (Å²) in [4.78, 5) is 14.1. The lowest BCUT2D eigenvalue weighted by Crippen LogP contribution is -2.46. The van der Waals surface area contributed by atoms with Crippen molar-refractivity contribution in [3.63, 3.8) is 0 Å². The van der Waals surface area contributed by atoms with Crippen LogP contribution in [0.2, 0.25) is 0 Å². The second kappa shape index (κ2) is 7.87. The van der Waals surface area contributed by atoms with Gasteiger partial charge in [0.2, 0.25) is 0 Å². The molecule has 1 saturated carbocycles. The number of amides is 2. The molecule has 0 aromatic rings. The first-order chi connectivity index (χ1) is 9.32. The molecule has 4 nitrogen and oxygen atoms in total. The zero-order valence-corrected chi connectivity index (χ0v) is 13.6. The maximum absolute atomic E-state index is 12.2. The molecule has 0 heterocycles. The Morgan fingerprint density at radius 1 is 1.30 bits per heavy atom. The minimum absolute atomic E-state index is 0.0237. The molecule has 0 aliphatic heterocycles. The number of hydrogen-bond acceptors (Lipinski definition) is 2. The first-order valence-electron chi connectivity index (χ1n) is 8.00. The summed E-state index contributed by atoms with van der Waals surface area (Å²) in [7, 11) is 1.91. The molecule has 1 rings (SSSR count). The fourth-order valence-electron chi connectivity index (χ4n) is 3.12. The summed E-state index contributed by atoms with van der Waals surface area (Å²) in [6.45, 7) is 6.55. The number of urea groups is 1. The standard InChI is InChI=1S/C16H32N2O2/c1-13(19)11-16(2,3)12-17-15(20)18(4)14-9-7-5-6-8-10-14/h13-14,19H,5-12H2,1-4H3,(H,17,20). The smallest absolute Gasteiger partial charge is 0.317 e. The quantitative estimate of drug-likeness (QED) is 0.762. The van der Waals surface area contributed by atoms with Crippen molar-refractivity contribution >= 4 is 6.03 Å². The minimum Gasteiger partial charge on any atom is -0.393 e. The summed E-state index contributed by atoms with van der Waals surface area (Å²) in [6, 6.07) is 0.410. The van der Waals surface area contributed by atoms with Crippen LogP contribution in [0.1, 0.15) is 65.7 Å². The highest BCUT2D eigenvalue weighted by Gasteiger charge is 2.24. The predicted octanol–water partition coefficient (Wildman–Crippen LogP) is 3.15. The van der Waals surface area contributed by atoms with Crippen LogP contribution in [-0.4, -0.2) is 41.8 Å². The van der Waals surface area contributed by atoms with Gasteiger partial charge in [-0.2, -0.15) is 0 Å². The van der Waals surface area contributed by atoms with Gasteiger partial charge in [-0.05, 0) is 31.6 Å². The van der Waals surface area contributed by atoms with E-state index in [2.05, 4.69) is 19.2 Å². The van der Waals surface area contributed by atoms with Gasteiger partial charge in [0.05, 0.1) is 6.10 Å². The van der Waals surface area contributed by atoms with Crippen molar-refractivity contribution in [2.45, 2.75) is 77.9 Å². The fraction of sp³-hybridized carbons (Fsp3) is 0.938. The predicted molar refractivity (Wildman–Crippen MR) is 82.7 cm³/mol. The van der Waals surface area contributed by atoms with E-state index in [0.29, 0.717) is 19.0 Å². The number of carbonyl (C=O) groups excluding carboxylic acids is 1. The Morgan fingerprint density at radius 2 is 1.85 bits per heavy atom.